The molecule has 0 spiro atoms. The van der Waals surface area contributed by atoms with Gasteiger partial charge in [0.2, 0.25) is 11.9 Å². The highest BCUT2D eigenvalue weighted by Crippen LogP contribution is 2.35. The summed E-state index contributed by atoms with van der Waals surface area (Å²) in [7, 11) is 1.85. The zero-order chi connectivity index (χ0) is 21.4. The molecule has 7 nitrogen and oxygen atoms in total. The van der Waals surface area contributed by atoms with Gasteiger partial charge >= 0.3 is 0 Å². The molecule has 30 heavy (non-hydrogen) atoms. The number of fused-ring (bicyclic) bond motifs is 1. The van der Waals surface area contributed by atoms with Gasteiger partial charge in [-0.2, -0.15) is 4.98 Å². The van der Waals surface area contributed by atoms with E-state index >= 15 is 0 Å². The predicted octanol–water partition coefficient (Wildman–Crippen LogP) is 3.36. The first kappa shape index (κ1) is 20.3. The molecule has 2 aromatic rings. The van der Waals surface area contributed by atoms with E-state index in [1.165, 1.54) is 6.07 Å². The molecule has 1 aliphatic carbocycles. The van der Waals surface area contributed by atoms with Gasteiger partial charge in [0.1, 0.15) is 17.5 Å². The smallest absolute Gasteiger partial charge is 0.246 e. The van der Waals surface area contributed by atoms with E-state index in [1.807, 2.05) is 25.8 Å². The highest BCUT2D eigenvalue weighted by molar-refractivity contribution is 6.03. The maximum absolute atomic E-state index is 13.2. The lowest BCUT2D eigenvalue weighted by molar-refractivity contribution is -0.117. The molecule has 2 heterocycles. The molecule has 2 aliphatic rings. The van der Waals surface area contributed by atoms with Crippen LogP contribution in [-0.2, 0) is 4.79 Å². The van der Waals surface area contributed by atoms with Crippen LogP contribution < -0.4 is 20.3 Å². The number of likely N-dealkylation sites (N-methyl/N-ethyl adjacent to an activating group) is 1. The third-order valence-electron chi connectivity index (χ3n) is 5.87. The number of ether oxygens (including phenoxy) is 1. The predicted molar refractivity (Wildman–Crippen MR) is 110 cm³/mol. The van der Waals surface area contributed by atoms with E-state index in [0.717, 1.165) is 37.2 Å². The number of aryl methyl sites for hydroxylation is 1. The lowest BCUT2D eigenvalue weighted by Crippen LogP contribution is -2.45. The minimum atomic E-state index is -0.900. The molecule has 2 N–H and O–H groups in total. The summed E-state index contributed by atoms with van der Waals surface area (Å²) in [5.74, 6) is 0.620. The molecule has 160 valence electrons. The third kappa shape index (κ3) is 4.01. The minimum absolute atomic E-state index is 0.0662. The van der Waals surface area contributed by atoms with Crippen LogP contribution in [0.1, 0.15) is 25.5 Å². The van der Waals surface area contributed by atoms with Crippen LogP contribution in [0.4, 0.5) is 26.2 Å². The van der Waals surface area contributed by atoms with Gasteiger partial charge in [0.05, 0.1) is 12.3 Å². The van der Waals surface area contributed by atoms with E-state index in [2.05, 4.69) is 20.6 Å². The maximum atomic E-state index is 13.2. The van der Waals surface area contributed by atoms with Gasteiger partial charge in [0.25, 0.3) is 0 Å². The molecule has 1 aromatic carbocycles. The molecule has 1 amide bonds. The van der Waals surface area contributed by atoms with Crippen molar-refractivity contribution < 1.29 is 18.3 Å². The van der Waals surface area contributed by atoms with E-state index in [9.17, 15) is 13.6 Å². The Balaban J connectivity index is 1.27. The molecule has 1 aliphatic heterocycles. The van der Waals surface area contributed by atoms with Gasteiger partial charge < -0.3 is 20.3 Å². The standard InChI is InChI=1S/C21H25F2N5O2/c1-11-18-19(28(3)12(2)20(29)26-18)27-21(25-11)24-9-13-6-14(7-13)10-30-15-4-5-16(22)17(23)8-15/h4-5,8,12-14H,6-7,9-10H2,1-3H3,(H,26,29)(H,24,25,27)/t12-,13-,14+/m0/s1. The molecule has 0 saturated heterocycles. The largest absolute Gasteiger partial charge is 0.493 e. The Kier molecular flexibility index (Phi) is 5.44. The van der Waals surface area contributed by atoms with Crippen molar-refractivity contribution in [3.63, 3.8) is 0 Å². The van der Waals surface area contributed by atoms with Crippen LogP contribution in [0.5, 0.6) is 5.75 Å². The molecule has 1 saturated carbocycles. The van der Waals surface area contributed by atoms with Crippen molar-refractivity contribution >= 4 is 23.4 Å². The fourth-order valence-electron chi connectivity index (χ4n) is 3.82. The second kappa shape index (κ2) is 8.04. The van der Waals surface area contributed by atoms with Gasteiger partial charge in [-0.05, 0) is 50.7 Å². The van der Waals surface area contributed by atoms with Gasteiger partial charge in [-0.1, -0.05) is 0 Å². The number of carbonyl (C=O) groups excluding carboxylic acids is 1. The highest BCUT2D eigenvalue weighted by Gasteiger charge is 2.32. The number of carbonyl (C=O) groups is 1. The maximum Gasteiger partial charge on any atom is 0.246 e. The minimum Gasteiger partial charge on any atom is -0.493 e. The Morgan fingerprint density at radius 3 is 2.73 bits per heavy atom. The lowest BCUT2D eigenvalue weighted by atomic mass is 9.75. The highest BCUT2D eigenvalue weighted by atomic mass is 19.2. The lowest BCUT2D eigenvalue weighted by Gasteiger charge is -2.35. The van der Waals surface area contributed by atoms with Crippen molar-refractivity contribution in [2.45, 2.75) is 32.7 Å². The average Bonchev–Trinajstić information content (AvgIpc) is 2.68. The van der Waals surface area contributed by atoms with Crippen molar-refractivity contribution in [3.8, 4) is 5.75 Å². The number of rotatable bonds is 6. The molecule has 0 bridgehead atoms. The van der Waals surface area contributed by atoms with Crippen LogP contribution in [0, 0.1) is 30.4 Å². The van der Waals surface area contributed by atoms with Crippen molar-refractivity contribution in [1.82, 2.24) is 9.97 Å². The summed E-state index contributed by atoms with van der Waals surface area (Å²) in [5, 5.41) is 6.17. The Morgan fingerprint density at radius 1 is 1.23 bits per heavy atom. The number of hydrogen-bond donors (Lipinski definition) is 2. The number of amides is 1. The molecule has 4 rings (SSSR count). The average molecular weight is 417 g/mol. The number of aromatic nitrogens is 2. The number of hydrogen-bond acceptors (Lipinski definition) is 6. The fourth-order valence-corrected chi connectivity index (χ4v) is 3.82. The number of anilines is 3. The summed E-state index contributed by atoms with van der Waals surface area (Å²) in [4.78, 5) is 22.9. The van der Waals surface area contributed by atoms with E-state index < -0.39 is 11.6 Å². The van der Waals surface area contributed by atoms with Crippen LogP contribution in [0.3, 0.4) is 0 Å². The van der Waals surface area contributed by atoms with Gasteiger partial charge in [-0.25, -0.2) is 13.8 Å². The summed E-state index contributed by atoms with van der Waals surface area (Å²) in [5.41, 5.74) is 1.38. The quantitative estimate of drug-likeness (QED) is 0.751. The topological polar surface area (TPSA) is 79.4 Å². The summed E-state index contributed by atoms with van der Waals surface area (Å²) < 4.78 is 31.8. The summed E-state index contributed by atoms with van der Waals surface area (Å²) in [6.45, 7) is 4.91. The van der Waals surface area contributed by atoms with Crippen LogP contribution in [0.2, 0.25) is 0 Å². The molecule has 1 aromatic heterocycles. The first-order valence-electron chi connectivity index (χ1n) is 10.1. The number of nitrogens with zero attached hydrogens (tertiary/aromatic N) is 3. The van der Waals surface area contributed by atoms with Crippen molar-refractivity contribution in [3.05, 3.63) is 35.5 Å². The van der Waals surface area contributed by atoms with Crippen molar-refractivity contribution in [2.75, 3.05) is 35.7 Å². The molecule has 1 fully saturated rings. The van der Waals surface area contributed by atoms with E-state index in [-0.39, 0.29) is 11.9 Å². The van der Waals surface area contributed by atoms with Crippen molar-refractivity contribution in [2.24, 2.45) is 11.8 Å². The Bertz CT molecular complexity index is 965. The fraction of sp³-hybridized carbons (Fsp3) is 0.476. The van der Waals surface area contributed by atoms with Crippen molar-refractivity contribution in [1.29, 1.82) is 0 Å². The molecule has 9 heteroatoms. The van der Waals surface area contributed by atoms with Crippen LogP contribution in [0.15, 0.2) is 18.2 Å². The summed E-state index contributed by atoms with van der Waals surface area (Å²) in [6.07, 6.45) is 1.96. The normalized spacial score (nSPS) is 22.8. The Morgan fingerprint density at radius 2 is 2.00 bits per heavy atom. The summed E-state index contributed by atoms with van der Waals surface area (Å²) in [6, 6.07) is 3.29. The van der Waals surface area contributed by atoms with E-state index in [0.29, 0.717) is 41.6 Å². The SMILES string of the molecule is Cc1nc(NC[C@H]2C[C@@H](COc3ccc(F)c(F)c3)C2)nc2c1NC(=O)[C@H](C)N2C. The zero-order valence-corrected chi connectivity index (χ0v) is 17.2. The second-order valence-corrected chi connectivity index (χ2v) is 8.08. The van der Waals surface area contributed by atoms with Crippen LogP contribution in [0.25, 0.3) is 0 Å². The third-order valence-corrected chi connectivity index (χ3v) is 5.87. The van der Waals surface area contributed by atoms with Gasteiger partial charge in [0.15, 0.2) is 17.5 Å². The monoisotopic (exact) mass is 417 g/mol. The van der Waals surface area contributed by atoms with Gasteiger partial charge in [-0.15, -0.1) is 0 Å². The van der Waals surface area contributed by atoms with E-state index in [1.54, 1.807) is 0 Å². The number of halogens is 2. The number of benzene rings is 1. The first-order chi connectivity index (χ1) is 14.3. The van der Waals surface area contributed by atoms with Crippen LogP contribution >= 0.6 is 0 Å². The Labute approximate surface area is 173 Å². The molecule has 0 unspecified atom stereocenters. The Hall–Kier alpha value is -2.97. The second-order valence-electron chi connectivity index (χ2n) is 8.08. The molecular formula is C21H25F2N5O2. The molecule has 1 atom stereocenters. The van der Waals surface area contributed by atoms with Crippen LogP contribution in [-0.4, -0.2) is 42.1 Å². The van der Waals surface area contributed by atoms with Gasteiger partial charge in [-0.3, -0.25) is 4.79 Å². The molecular weight excluding hydrogens is 392 g/mol. The van der Waals surface area contributed by atoms with Gasteiger partial charge in [0, 0.05) is 19.7 Å². The number of nitrogens with one attached hydrogen (secondary N) is 2. The van der Waals surface area contributed by atoms with E-state index in [4.69, 9.17) is 4.74 Å². The first-order valence-corrected chi connectivity index (χ1v) is 10.1. The zero-order valence-electron chi connectivity index (χ0n) is 17.2. The summed E-state index contributed by atoms with van der Waals surface area (Å²) >= 11 is 0. The molecule has 0 radical (unpaired) electrons.